The van der Waals surface area contributed by atoms with Gasteiger partial charge in [-0.25, -0.2) is 0 Å². The van der Waals surface area contributed by atoms with E-state index in [4.69, 9.17) is 0 Å². The summed E-state index contributed by atoms with van der Waals surface area (Å²) in [7, 11) is 0. The van der Waals surface area contributed by atoms with E-state index in [2.05, 4.69) is 0 Å². The second-order valence-corrected chi connectivity index (χ2v) is 0. The first-order chi connectivity index (χ1) is 0. The Balaban J connectivity index is 0. The Morgan fingerprint density at radius 3 is 0.750 bits per heavy atom. The van der Waals surface area contributed by atoms with Crippen molar-refractivity contribution in [2.45, 2.75) is 0 Å². The second kappa shape index (κ2) is 16.0. The van der Waals surface area contributed by atoms with Gasteiger partial charge in [-0.3, -0.25) is 0 Å². The van der Waals surface area contributed by atoms with Crippen LogP contribution in [0.3, 0.4) is 0 Å². The van der Waals surface area contributed by atoms with Crippen LogP contribution in [0.4, 0.5) is 0 Å². The van der Waals surface area contributed by atoms with Crippen molar-refractivity contribution in [3.63, 3.8) is 0 Å². The fourth-order valence-electron chi connectivity index (χ4n) is 0. The molecule has 0 rings (SSSR count). The molecule has 0 aromatic carbocycles. The Labute approximate surface area is 127 Å². The summed E-state index contributed by atoms with van der Waals surface area (Å²) in [5.74, 6) is 0. The first-order valence-electron chi connectivity index (χ1n) is 0. The average molecular weight is 206 g/mol. The van der Waals surface area contributed by atoms with Crippen LogP contribution in [0.1, 0.15) is 0 Å². The largest absolute Gasteiger partial charge is 1.00 e. The molecule has 2 N–H and O–H groups in total. The van der Waals surface area contributed by atoms with E-state index in [0.29, 0.717) is 0 Å². The van der Waals surface area contributed by atoms with E-state index >= 15 is 0 Å². The van der Waals surface area contributed by atoms with Crippen LogP contribution >= 0.6 is 0 Å². The normalized spacial score (nSPS) is 0. The van der Waals surface area contributed by atoms with Gasteiger partial charge in [0, 0.05) is 0 Å². The molecule has 0 bridgehead atoms. The maximum absolute atomic E-state index is 0. The van der Waals surface area contributed by atoms with E-state index in [0.717, 1.165) is 0 Å². The minimum Gasteiger partial charge on any atom is -0.870 e. The van der Waals surface area contributed by atoms with E-state index in [-0.39, 0.29) is 131 Å². The van der Waals surface area contributed by atoms with E-state index in [1.54, 1.807) is 0 Å². The minimum atomic E-state index is 0. The van der Waals surface area contributed by atoms with Crippen LogP contribution in [0.5, 0.6) is 0 Å². The fraction of sp³-hybridized carbons (Fsp3) is 0. The van der Waals surface area contributed by atoms with Crippen molar-refractivity contribution in [2.75, 3.05) is 0 Å². The summed E-state index contributed by atoms with van der Waals surface area (Å²) >= 11 is 0. The quantitative estimate of drug-likeness (QED) is 0.370. The van der Waals surface area contributed by atoms with E-state index < -0.39 is 0 Å². The molecular formula is H2CsKO2. The predicted octanol–water partition coefficient (Wildman–Crippen LogP) is -6.35. The van der Waals surface area contributed by atoms with Crippen molar-refractivity contribution in [1.29, 1.82) is 0 Å². The Morgan fingerprint density at radius 1 is 0.750 bits per heavy atom. The van der Waals surface area contributed by atoms with Crippen molar-refractivity contribution in [3.8, 4) is 0 Å². The minimum absolute atomic E-state index is 0. The van der Waals surface area contributed by atoms with Crippen molar-refractivity contribution < 1.29 is 131 Å². The van der Waals surface area contributed by atoms with Gasteiger partial charge in [0.15, 0.2) is 0 Å². The van der Waals surface area contributed by atoms with Gasteiger partial charge in [-0.2, -0.15) is 0 Å². The molecule has 0 saturated carbocycles. The molecular weight excluding hydrogens is 204 g/mol. The monoisotopic (exact) mass is 206 g/mol. The Kier molecular flexibility index (Phi) is 102. The third-order valence-electron chi connectivity index (χ3n) is 0. The fourth-order valence-corrected chi connectivity index (χ4v) is 0. The molecule has 0 aromatic heterocycles. The summed E-state index contributed by atoms with van der Waals surface area (Å²) in [5, 5.41) is 0. The molecule has 4 heavy (non-hydrogen) atoms. The Morgan fingerprint density at radius 2 is 0.750 bits per heavy atom. The molecule has 0 heterocycles. The van der Waals surface area contributed by atoms with Gasteiger partial charge in [-0.05, 0) is 0 Å². The molecule has 0 radical (unpaired) electrons. The van der Waals surface area contributed by atoms with Crippen molar-refractivity contribution in [1.82, 2.24) is 0 Å². The van der Waals surface area contributed by atoms with Gasteiger partial charge in [0.25, 0.3) is 0 Å². The number of hydrogen-bond donors (Lipinski definition) is 0. The zero-order chi connectivity index (χ0) is 0. The summed E-state index contributed by atoms with van der Waals surface area (Å²) in [6.45, 7) is 0. The summed E-state index contributed by atoms with van der Waals surface area (Å²) in [4.78, 5) is 0. The molecule has 0 unspecified atom stereocenters. The molecule has 0 aliphatic heterocycles. The van der Waals surface area contributed by atoms with Crippen LogP contribution in [0.25, 0.3) is 0 Å². The van der Waals surface area contributed by atoms with Crippen LogP contribution in [-0.2, 0) is 0 Å². The van der Waals surface area contributed by atoms with Gasteiger partial charge in [0.1, 0.15) is 0 Å². The molecule has 0 saturated heterocycles. The summed E-state index contributed by atoms with van der Waals surface area (Å²) in [6.07, 6.45) is 0. The van der Waals surface area contributed by atoms with Crippen molar-refractivity contribution in [2.24, 2.45) is 0 Å². The van der Waals surface area contributed by atoms with Crippen LogP contribution in [0, 0.1) is 0 Å². The van der Waals surface area contributed by atoms with Gasteiger partial charge in [-0.15, -0.1) is 0 Å². The third-order valence-corrected chi connectivity index (χ3v) is 0. The molecule has 4 heteroatoms. The maximum atomic E-state index is 0. The van der Waals surface area contributed by atoms with Crippen LogP contribution in [-0.4, -0.2) is 11.0 Å². The zero-order valence-electron chi connectivity index (χ0n) is 2.89. The molecule has 16 valence electrons. The smallest absolute Gasteiger partial charge is 0.870 e. The van der Waals surface area contributed by atoms with E-state index in [1.165, 1.54) is 0 Å². The van der Waals surface area contributed by atoms with Crippen LogP contribution in [0.15, 0.2) is 0 Å². The van der Waals surface area contributed by atoms with Gasteiger partial charge in [0.05, 0.1) is 0 Å². The van der Waals surface area contributed by atoms with Gasteiger partial charge in [-0.1, -0.05) is 0 Å². The summed E-state index contributed by atoms with van der Waals surface area (Å²) in [5.41, 5.74) is 0. The van der Waals surface area contributed by atoms with E-state index in [9.17, 15) is 0 Å². The van der Waals surface area contributed by atoms with E-state index in [1.807, 2.05) is 0 Å². The summed E-state index contributed by atoms with van der Waals surface area (Å²) < 4.78 is 0. The third kappa shape index (κ3) is 9.15. The van der Waals surface area contributed by atoms with Crippen molar-refractivity contribution in [3.05, 3.63) is 0 Å². The molecule has 0 aliphatic carbocycles. The van der Waals surface area contributed by atoms with Crippen LogP contribution in [0.2, 0.25) is 0 Å². The molecule has 0 spiro atoms. The standard InChI is InChI=1S/Cs.K.2H2O/h;;2*1H2/q2*+1;;/p-2. The molecule has 0 amide bonds. The molecule has 0 fully saturated rings. The average Bonchev–Trinajstić information content (AvgIpc) is 0. The zero-order valence-corrected chi connectivity index (χ0v) is 12.3. The van der Waals surface area contributed by atoms with Crippen LogP contribution < -0.4 is 120 Å². The van der Waals surface area contributed by atoms with Gasteiger partial charge in [0.2, 0.25) is 0 Å². The maximum Gasteiger partial charge on any atom is 1.00 e. The molecule has 0 aliphatic rings. The van der Waals surface area contributed by atoms with Crippen molar-refractivity contribution >= 4 is 0 Å². The SMILES string of the molecule is [Cs+].[K+].[OH-].[OH-]. The second-order valence-electron chi connectivity index (χ2n) is 0. The molecule has 2 nitrogen and oxygen atoms in total. The topological polar surface area (TPSA) is 60.0 Å². The Bertz CT molecular complexity index is 6.00. The number of rotatable bonds is 0. The molecule has 0 aromatic rings. The predicted molar refractivity (Wildman–Crippen MR) is 3.87 cm³/mol. The van der Waals surface area contributed by atoms with Gasteiger partial charge >= 0.3 is 120 Å². The van der Waals surface area contributed by atoms with Gasteiger partial charge < -0.3 is 11.0 Å². The number of hydrogen-bond acceptors (Lipinski definition) is 2. The Hall–Kier alpha value is 3.61. The first-order valence-corrected chi connectivity index (χ1v) is 0. The first kappa shape index (κ1) is 25.5. The molecule has 0 atom stereocenters. The summed E-state index contributed by atoms with van der Waals surface area (Å²) in [6, 6.07) is 0.